The monoisotopic (exact) mass is 490 g/mol. The second kappa shape index (κ2) is 10.7. The molecule has 1 atom stereocenters. The lowest BCUT2D eigenvalue weighted by Gasteiger charge is -2.39. The molecular formula is C25H34N2O6S. The molecule has 186 valence electrons. The molecule has 1 amide bonds. The van der Waals surface area contributed by atoms with Crippen LogP contribution in [0, 0.1) is 0 Å². The van der Waals surface area contributed by atoms with Gasteiger partial charge in [-0.2, -0.15) is 4.31 Å². The predicted octanol–water partition coefficient (Wildman–Crippen LogP) is 4.29. The van der Waals surface area contributed by atoms with Gasteiger partial charge in [0.25, 0.3) is 0 Å². The van der Waals surface area contributed by atoms with Crippen molar-refractivity contribution < 1.29 is 27.4 Å². The molecule has 1 heterocycles. The van der Waals surface area contributed by atoms with E-state index in [9.17, 15) is 13.2 Å². The van der Waals surface area contributed by atoms with E-state index in [1.807, 2.05) is 32.9 Å². The number of rotatable bonds is 7. The summed E-state index contributed by atoms with van der Waals surface area (Å²) in [6.45, 7) is 6.42. The Kier molecular flexibility index (Phi) is 8.09. The van der Waals surface area contributed by atoms with Crippen molar-refractivity contribution in [2.75, 3.05) is 27.3 Å². The van der Waals surface area contributed by atoms with Crippen LogP contribution < -0.4 is 9.47 Å². The average molecular weight is 491 g/mol. The number of hydrogen-bond acceptors (Lipinski definition) is 6. The van der Waals surface area contributed by atoms with Crippen molar-refractivity contribution in [2.45, 2.75) is 56.7 Å². The van der Waals surface area contributed by atoms with Gasteiger partial charge in [-0.1, -0.05) is 12.1 Å². The van der Waals surface area contributed by atoms with Gasteiger partial charge in [-0.3, -0.25) is 0 Å². The normalized spacial score (nSPS) is 16.9. The first-order valence-electron chi connectivity index (χ1n) is 11.3. The molecule has 2 aromatic rings. The molecule has 0 aromatic heterocycles. The molecule has 8 nitrogen and oxygen atoms in total. The molecular weight excluding hydrogens is 456 g/mol. The Bertz CT molecular complexity index is 1060. The van der Waals surface area contributed by atoms with Gasteiger partial charge in [0.15, 0.2) is 0 Å². The fourth-order valence-electron chi connectivity index (χ4n) is 3.89. The van der Waals surface area contributed by atoms with Crippen LogP contribution in [-0.4, -0.2) is 62.7 Å². The Labute approximate surface area is 202 Å². The van der Waals surface area contributed by atoms with E-state index < -0.39 is 27.8 Å². The summed E-state index contributed by atoms with van der Waals surface area (Å²) in [7, 11) is -0.736. The first kappa shape index (κ1) is 25.8. The number of methoxy groups -OCH3 is 2. The first-order chi connectivity index (χ1) is 16.0. The highest BCUT2D eigenvalue weighted by Gasteiger charge is 2.36. The highest BCUT2D eigenvalue weighted by molar-refractivity contribution is 7.89. The third-order valence-corrected chi connectivity index (χ3v) is 7.53. The fraction of sp³-hybridized carbons (Fsp3) is 0.480. The molecule has 1 unspecified atom stereocenters. The van der Waals surface area contributed by atoms with E-state index in [1.54, 1.807) is 48.4 Å². The maximum absolute atomic E-state index is 13.8. The van der Waals surface area contributed by atoms with Crippen LogP contribution in [0.5, 0.6) is 11.5 Å². The van der Waals surface area contributed by atoms with Crippen molar-refractivity contribution in [1.82, 2.24) is 9.21 Å². The fourth-order valence-corrected chi connectivity index (χ4v) is 5.52. The third kappa shape index (κ3) is 6.42. The Morgan fingerprint density at radius 2 is 1.56 bits per heavy atom. The van der Waals surface area contributed by atoms with Crippen LogP contribution in [0.25, 0.3) is 0 Å². The Morgan fingerprint density at radius 3 is 2.09 bits per heavy atom. The van der Waals surface area contributed by atoms with E-state index in [0.717, 1.165) is 5.56 Å². The second-order valence-electron chi connectivity index (χ2n) is 9.30. The molecule has 34 heavy (non-hydrogen) atoms. The van der Waals surface area contributed by atoms with Crippen molar-refractivity contribution in [3.63, 3.8) is 0 Å². The van der Waals surface area contributed by atoms with Gasteiger partial charge < -0.3 is 19.1 Å². The molecule has 0 bridgehead atoms. The quantitative estimate of drug-likeness (QED) is 0.576. The van der Waals surface area contributed by atoms with Crippen LogP contribution in [0.3, 0.4) is 0 Å². The topological polar surface area (TPSA) is 85.4 Å². The van der Waals surface area contributed by atoms with Crippen LogP contribution in [0.15, 0.2) is 53.4 Å². The van der Waals surface area contributed by atoms with Crippen LogP contribution >= 0.6 is 0 Å². The lowest BCUT2D eigenvalue weighted by molar-refractivity contribution is 0.0152. The first-order valence-corrected chi connectivity index (χ1v) is 12.7. The second-order valence-corrected chi connectivity index (χ2v) is 11.2. The summed E-state index contributed by atoms with van der Waals surface area (Å²) >= 11 is 0. The van der Waals surface area contributed by atoms with Gasteiger partial charge in [-0.05, 0) is 75.6 Å². The van der Waals surface area contributed by atoms with Crippen molar-refractivity contribution in [1.29, 1.82) is 0 Å². The average Bonchev–Trinajstić information content (AvgIpc) is 2.82. The molecule has 1 aliphatic heterocycles. The maximum Gasteiger partial charge on any atom is 0.410 e. The molecule has 0 N–H and O–H groups in total. The summed E-state index contributed by atoms with van der Waals surface area (Å²) < 4.78 is 45.0. The van der Waals surface area contributed by atoms with E-state index in [4.69, 9.17) is 14.2 Å². The molecule has 9 heteroatoms. The molecule has 0 aliphatic carbocycles. The van der Waals surface area contributed by atoms with E-state index in [-0.39, 0.29) is 18.0 Å². The summed E-state index contributed by atoms with van der Waals surface area (Å²) in [4.78, 5) is 14.5. The zero-order chi connectivity index (χ0) is 24.9. The molecule has 3 rings (SSSR count). The molecule has 0 radical (unpaired) electrons. The molecule has 0 saturated carbocycles. The van der Waals surface area contributed by atoms with Gasteiger partial charge in [-0.15, -0.1) is 0 Å². The van der Waals surface area contributed by atoms with E-state index in [2.05, 4.69) is 0 Å². The molecule has 1 saturated heterocycles. The minimum atomic E-state index is -3.86. The number of ether oxygens (including phenoxy) is 3. The Morgan fingerprint density at radius 1 is 1.00 bits per heavy atom. The number of carbonyl (C=O) groups excluding carboxylic acids is 1. The van der Waals surface area contributed by atoms with Gasteiger partial charge in [-0.25, -0.2) is 13.2 Å². The number of amides is 1. The van der Waals surface area contributed by atoms with E-state index in [1.165, 1.54) is 11.4 Å². The largest absolute Gasteiger partial charge is 0.497 e. The third-order valence-electron chi connectivity index (χ3n) is 5.62. The van der Waals surface area contributed by atoms with Crippen molar-refractivity contribution >= 4 is 16.1 Å². The lowest BCUT2D eigenvalue weighted by Crippen LogP contribution is -2.52. The number of nitrogens with zero attached hydrogens (tertiary/aromatic N) is 2. The summed E-state index contributed by atoms with van der Waals surface area (Å²) in [5.74, 6) is 1.27. The Hall–Kier alpha value is -2.78. The summed E-state index contributed by atoms with van der Waals surface area (Å²) in [5.41, 5.74) is 0.203. The number of hydrogen-bond donors (Lipinski definition) is 0. The molecule has 1 fully saturated rings. The SMILES string of the molecule is COc1ccc(CN(C2CCCN(C(=O)OC(C)(C)C)C2)S(=O)(=O)c2ccc(OC)cc2)cc1. The number of carbonyl (C=O) groups is 1. The van der Waals surface area contributed by atoms with E-state index >= 15 is 0 Å². The Balaban J connectivity index is 1.92. The number of piperidine rings is 1. The summed E-state index contributed by atoms with van der Waals surface area (Å²) in [6.07, 6.45) is 0.898. The van der Waals surface area contributed by atoms with E-state index in [0.29, 0.717) is 30.9 Å². The van der Waals surface area contributed by atoms with Gasteiger partial charge in [0.05, 0.1) is 19.1 Å². The van der Waals surface area contributed by atoms with Crippen LogP contribution in [0.1, 0.15) is 39.2 Å². The summed E-state index contributed by atoms with van der Waals surface area (Å²) in [5, 5.41) is 0. The van der Waals surface area contributed by atoms with Crippen molar-refractivity contribution in [2.24, 2.45) is 0 Å². The van der Waals surface area contributed by atoms with Crippen LogP contribution in [-0.2, 0) is 21.3 Å². The van der Waals surface area contributed by atoms with Gasteiger partial charge in [0.2, 0.25) is 10.0 Å². The van der Waals surface area contributed by atoms with Gasteiger partial charge >= 0.3 is 6.09 Å². The lowest BCUT2D eigenvalue weighted by atomic mass is 10.1. The number of benzene rings is 2. The minimum Gasteiger partial charge on any atom is -0.497 e. The molecule has 2 aromatic carbocycles. The van der Waals surface area contributed by atoms with Crippen molar-refractivity contribution in [3.8, 4) is 11.5 Å². The maximum atomic E-state index is 13.8. The predicted molar refractivity (Wildman–Crippen MR) is 130 cm³/mol. The molecule has 1 aliphatic rings. The minimum absolute atomic E-state index is 0.172. The number of likely N-dealkylation sites (tertiary alicyclic amines) is 1. The van der Waals surface area contributed by atoms with Crippen molar-refractivity contribution in [3.05, 3.63) is 54.1 Å². The summed E-state index contributed by atoms with van der Waals surface area (Å²) in [6, 6.07) is 13.3. The highest BCUT2D eigenvalue weighted by Crippen LogP contribution is 2.28. The molecule has 0 spiro atoms. The van der Waals surface area contributed by atoms with Gasteiger partial charge in [0, 0.05) is 25.7 Å². The highest BCUT2D eigenvalue weighted by atomic mass is 32.2. The smallest absolute Gasteiger partial charge is 0.410 e. The standard InChI is InChI=1S/C25H34N2O6S/c1-25(2,3)33-24(28)26-16-6-7-20(18-26)27(17-19-8-10-21(31-4)11-9-19)34(29,30)23-14-12-22(32-5)13-15-23/h8-15,20H,6-7,16-18H2,1-5H3. The van der Waals surface area contributed by atoms with Crippen LogP contribution in [0.4, 0.5) is 4.79 Å². The van der Waals surface area contributed by atoms with Gasteiger partial charge in [0.1, 0.15) is 17.1 Å². The zero-order valence-electron chi connectivity index (χ0n) is 20.5. The zero-order valence-corrected chi connectivity index (χ0v) is 21.3. The van der Waals surface area contributed by atoms with Crippen LogP contribution in [0.2, 0.25) is 0 Å². The number of sulfonamides is 1.